The maximum atomic E-state index is 14.5. The summed E-state index contributed by atoms with van der Waals surface area (Å²) < 4.78 is 29.0. The van der Waals surface area contributed by atoms with Gasteiger partial charge < -0.3 is 0 Å². The molecule has 0 radical (unpaired) electrons. The van der Waals surface area contributed by atoms with Gasteiger partial charge in [0.25, 0.3) is 0 Å². The molecule has 23 heavy (non-hydrogen) atoms. The van der Waals surface area contributed by atoms with E-state index in [1.54, 1.807) is 12.1 Å². The highest BCUT2D eigenvalue weighted by Gasteiger charge is 2.18. The average Bonchev–Trinajstić information content (AvgIpc) is 2.55. The highest BCUT2D eigenvalue weighted by atomic mass is 19.2. The van der Waals surface area contributed by atoms with E-state index in [4.69, 9.17) is 0 Å². The largest absolute Gasteiger partial charge is 0.203 e. The normalized spacial score (nSPS) is 13.8. The van der Waals surface area contributed by atoms with Crippen LogP contribution in [0.1, 0.15) is 57.1 Å². The minimum atomic E-state index is -0.734. The molecule has 0 spiro atoms. The molecule has 2 heteroatoms. The molecule has 0 aliphatic rings. The van der Waals surface area contributed by atoms with Gasteiger partial charge >= 0.3 is 0 Å². The quantitative estimate of drug-likeness (QED) is 0.545. The van der Waals surface area contributed by atoms with Crippen LogP contribution in [-0.4, -0.2) is 0 Å². The topological polar surface area (TPSA) is 0 Å². The Hall–Kier alpha value is -1.70. The summed E-state index contributed by atoms with van der Waals surface area (Å²) in [6.45, 7) is 8.31. The number of aryl methyl sites for hydroxylation is 1. The Morgan fingerprint density at radius 1 is 0.870 bits per heavy atom. The highest BCUT2D eigenvalue weighted by Crippen LogP contribution is 2.32. The number of hydrogen-bond donors (Lipinski definition) is 0. The SMILES string of the molecule is CCC(C)CCC(C)c1ccc(-c2ccc(C)cc2)c(F)c1F. The summed E-state index contributed by atoms with van der Waals surface area (Å²) in [5, 5.41) is 0. The fourth-order valence-corrected chi connectivity index (χ4v) is 2.80. The van der Waals surface area contributed by atoms with E-state index in [1.165, 1.54) is 0 Å². The van der Waals surface area contributed by atoms with Crippen molar-refractivity contribution in [3.63, 3.8) is 0 Å². The van der Waals surface area contributed by atoms with Crippen molar-refractivity contribution in [2.75, 3.05) is 0 Å². The molecule has 124 valence electrons. The van der Waals surface area contributed by atoms with Gasteiger partial charge in [0.05, 0.1) is 0 Å². The van der Waals surface area contributed by atoms with Crippen LogP contribution in [0.5, 0.6) is 0 Å². The third-order valence-electron chi connectivity index (χ3n) is 4.80. The predicted molar refractivity (Wildman–Crippen MR) is 93.6 cm³/mol. The van der Waals surface area contributed by atoms with E-state index in [0.29, 0.717) is 22.6 Å². The second-order valence-corrected chi connectivity index (χ2v) is 6.69. The standard InChI is InChI=1S/C21H26F2/c1-5-14(2)6-9-16(4)18-12-13-19(21(23)20(18)22)17-10-7-15(3)8-11-17/h7-8,10-14,16H,5-6,9H2,1-4H3. The fraction of sp³-hybridized carbons (Fsp3) is 0.429. The zero-order valence-corrected chi connectivity index (χ0v) is 14.5. The van der Waals surface area contributed by atoms with Gasteiger partial charge in [0.1, 0.15) is 0 Å². The molecule has 0 aliphatic heterocycles. The summed E-state index contributed by atoms with van der Waals surface area (Å²) >= 11 is 0. The van der Waals surface area contributed by atoms with Gasteiger partial charge in [0, 0.05) is 5.56 Å². The van der Waals surface area contributed by atoms with Crippen LogP contribution in [0.4, 0.5) is 8.78 Å². The first kappa shape index (κ1) is 17.7. The van der Waals surface area contributed by atoms with E-state index in [9.17, 15) is 8.78 Å². The van der Waals surface area contributed by atoms with Crippen molar-refractivity contribution in [1.82, 2.24) is 0 Å². The Bertz CT molecular complexity index is 644. The molecule has 2 rings (SSSR count). The smallest absolute Gasteiger partial charge is 0.166 e. The lowest BCUT2D eigenvalue weighted by Gasteiger charge is -2.17. The maximum absolute atomic E-state index is 14.5. The van der Waals surface area contributed by atoms with Gasteiger partial charge in [-0.3, -0.25) is 0 Å². The van der Waals surface area contributed by atoms with Crippen LogP contribution in [0.2, 0.25) is 0 Å². The molecule has 0 nitrogen and oxygen atoms in total. The summed E-state index contributed by atoms with van der Waals surface area (Å²) in [6, 6.07) is 10.9. The van der Waals surface area contributed by atoms with Crippen molar-refractivity contribution in [3.8, 4) is 11.1 Å². The minimum absolute atomic E-state index is 0.0329. The van der Waals surface area contributed by atoms with Gasteiger partial charge in [-0.15, -0.1) is 0 Å². The molecule has 2 unspecified atom stereocenters. The molecule has 2 aromatic rings. The molecule has 0 heterocycles. The molecule has 0 bridgehead atoms. The van der Waals surface area contributed by atoms with Crippen LogP contribution < -0.4 is 0 Å². The average molecular weight is 316 g/mol. The zero-order chi connectivity index (χ0) is 17.0. The molecular formula is C21H26F2. The predicted octanol–water partition coefficient (Wildman–Crippen LogP) is 6.87. The van der Waals surface area contributed by atoms with Crippen molar-refractivity contribution in [2.45, 2.75) is 52.9 Å². The molecule has 0 saturated heterocycles. The first-order valence-electron chi connectivity index (χ1n) is 8.49. The van der Waals surface area contributed by atoms with E-state index in [1.807, 2.05) is 38.1 Å². The second-order valence-electron chi connectivity index (χ2n) is 6.69. The van der Waals surface area contributed by atoms with Crippen LogP contribution in [0, 0.1) is 24.5 Å². The second kappa shape index (κ2) is 7.72. The molecule has 0 saturated carbocycles. The highest BCUT2D eigenvalue weighted by molar-refractivity contribution is 5.65. The third kappa shape index (κ3) is 4.19. The fourth-order valence-electron chi connectivity index (χ4n) is 2.80. The molecule has 0 aliphatic carbocycles. The number of rotatable bonds is 6. The Morgan fingerprint density at radius 3 is 2.13 bits per heavy atom. The number of halogens is 2. The minimum Gasteiger partial charge on any atom is -0.203 e. The monoisotopic (exact) mass is 316 g/mol. The van der Waals surface area contributed by atoms with Gasteiger partial charge in [-0.05, 0) is 36.3 Å². The van der Waals surface area contributed by atoms with Crippen LogP contribution in [0.25, 0.3) is 11.1 Å². The van der Waals surface area contributed by atoms with Gasteiger partial charge in [-0.1, -0.05) is 75.6 Å². The first-order valence-corrected chi connectivity index (χ1v) is 8.49. The lowest BCUT2D eigenvalue weighted by molar-refractivity contribution is 0.450. The molecule has 0 N–H and O–H groups in total. The lowest BCUT2D eigenvalue weighted by Crippen LogP contribution is -2.04. The van der Waals surface area contributed by atoms with Crippen LogP contribution >= 0.6 is 0 Å². The van der Waals surface area contributed by atoms with E-state index in [0.717, 1.165) is 24.8 Å². The van der Waals surface area contributed by atoms with E-state index in [-0.39, 0.29) is 5.92 Å². The van der Waals surface area contributed by atoms with Gasteiger partial charge in [-0.2, -0.15) is 0 Å². The van der Waals surface area contributed by atoms with Crippen molar-refractivity contribution in [2.24, 2.45) is 5.92 Å². The van der Waals surface area contributed by atoms with Crippen LogP contribution in [-0.2, 0) is 0 Å². The Morgan fingerprint density at radius 2 is 1.52 bits per heavy atom. The molecule has 2 aromatic carbocycles. The van der Waals surface area contributed by atoms with Crippen LogP contribution in [0.3, 0.4) is 0 Å². The van der Waals surface area contributed by atoms with Crippen molar-refractivity contribution < 1.29 is 8.78 Å². The number of hydrogen-bond acceptors (Lipinski definition) is 0. The number of benzene rings is 2. The Labute approximate surface area is 138 Å². The van der Waals surface area contributed by atoms with E-state index in [2.05, 4.69) is 13.8 Å². The Kier molecular flexibility index (Phi) is 5.92. The molecular weight excluding hydrogens is 290 g/mol. The third-order valence-corrected chi connectivity index (χ3v) is 4.80. The first-order chi connectivity index (χ1) is 10.9. The molecule has 0 amide bonds. The molecule has 0 aromatic heterocycles. The van der Waals surface area contributed by atoms with Crippen LogP contribution in [0.15, 0.2) is 36.4 Å². The van der Waals surface area contributed by atoms with E-state index >= 15 is 0 Å². The zero-order valence-electron chi connectivity index (χ0n) is 14.5. The summed E-state index contributed by atoms with van der Waals surface area (Å²) in [5.41, 5.74) is 2.64. The van der Waals surface area contributed by atoms with Crippen molar-refractivity contribution in [3.05, 3.63) is 59.2 Å². The van der Waals surface area contributed by atoms with Gasteiger partial charge in [0.15, 0.2) is 11.6 Å². The van der Waals surface area contributed by atoms with E-state index < -0.39 is 11.6 Å². The van der Waals surface area contributed by atoms with Gasteiger partial charge in [0.2, 0.25) is 0 Å². The Balaban J connectivity index is 2.25. The maximum Gasteiger partial charge on any atom is 0.166 e. The lowest BCUT2D eigenvalue weighted by atomic mass is 9.90. The summed E-state index contributed by atoms with van der Waals surface area (Å²) in [7, 11) is 0. The van der Waals surface area contributed by atoms with Crippen molar-refractivity contribution in [1.29, 1.82) is 0 Å². The molecule has 0 fully saturated rings. The van der Waals surface area contributed by atoms with Crippen molar-refractivity contribution >= 4 is 0 Å². The van der Waals surface area contributed by atoms with Gasteiger partial charge in [-0.25, -0.2) is 8.78 Å². The summed E-state index contributed by atoms with van der Waals surface area (Å²) in [4.78, 5) is 0. The molecule has 2 atom stereocenters. The summed E-state index contributed by atoms with van der Waals surface area (Å²) in [6.07, 6.45) is 3.05. The summed E-state index contributed by atoms with van der Waals surface area (Å²) in [5.74, 6) is -0.774.